The highest BCUT2D eigenvalue weighted by Crippen LogP contribution is 2.27. The Morgan fingerprint density at radius 2 is 1.76 bits per heavy atom. The lowest BCUT2D eigenvalue weighted by atomic mass is 9.99. The molecule has 0 saturated heterocycles. The summed E-state index contributed by atoms with van der Waals surface area (Å²) in [5.74, 6) is -1.12. The van der Waals surface area contributed by atoms with Gasteiger partial charge < -0.3 is 10.5 Å². The number of halogens is 3. The Labute approximate surface area is 127 Å². The summed E-state index contributed by atoms with van der Waals surface area (Å²) in [5, 5.41) is 0.149. The second kappa shape index (κ2) is 6.87. The average Bonchev–Trinajstić information content (AvgIpc) is 2.49. The molecule has 5 heteroatoms. The average molecular weight is 312 g/mol. The third-order valence-corrected chi connectivity index (χ3v) is 3.67. The largest absolute Gasteiger partial charge is 0.497 e. The van der Waals surface area contributed by atoms with Crippen molar-refractivity contribution in [3.05, 3.63) is 64.2 Å². The molecule has 2 rings (SSSR count). The number of hydrogen-bond donors (Lipinski definition) is 1. The molecule has 2 aromatic carbocycles. The first-order valence-corrected chi connectivity index (χ1v) is 6.92. The van der Waals surface area contributed by atoms with E-state index in [1.165, 1.54) is 0 Å². The van der Waals surface area contributed by atoms with Crippen molar-refractivity contribution in [1.29, 1.82) is 0 Å². The fourth-order valence-corrected chi connectivity index (χ4v) is 2.38. The van der Waals surface area contributed by atoms with E-state index in [1.807, 2.05) is 24.3 Å². The molecule has 2 aromatic rings. The van der Waals surface area contributed by atoms with E-state index in [0.29, 0.717) is 18.4 Å². The molecule has 0 amide bonds. The molecule has 0 aromatic heterocycles. The number of rotatable bonds is 5. The van der Waals surface area contributed by atoms with Gasteiger partial charge in [0.15, 0.2) is 11.6 Å². The van der Waals surface area contributed by atoms with Gasteiger partial charge in [-0.1, -0.05) is 23.7 Å². The predicted octanol–water partition coefficient (Wildman–Crippen LogP) is 4.26. The van der Waals surface area contributed by atoms with E-state index in [9.17, 15) is 8.78 Å². The Morgan fingerprint density at radius 1 is 1.14 bits per heavy atom. The molecule has 112 valence electrons. The minimum absolute atomic E-state index is 0.149. The van der Waals surface area contributed by atoms with Crippen LogP contribution in [0.5, 0.6) is 5.75 Å². The van der Waals surface area contributed by atoms with E-state index in [0.717, 1.165) is 23.4 Å². The minimum atomic E-state index is -0.967. The minimum Gasteiger partial charge on any atom is -0.497 e. The number of ether oxygens (including phenoxy) is 1. The Bertz CT molecular complexity index is 616. The van der Waals surface area contributed by atoms with Gasteiger partial charge in [-0.15, -0.1) is 0 Å². The Kier molecular flexibility index (Phi) is 5.15. The van der Waals surface area contributed by atoms with E-state index >= 15 is 0 Å². The van der Waals surface area contributed by atoms with Crippen LogP contribution in [0.1, 0.15) is 23.6 Å². The molecular weight excluding hydrogens is 296 g/mol. The lowest BCUT2D eigenvalue weighted by Crippen LogP contribution is -2.12. The monoisotopic (exact) mass is 311 g/mol. The fraction of sp³-hybridized carbons (Fsp3) is 0.250. The lowest BCUT2D eigenvalue weighted by molar-refractivity contribution is 0.414. The van der Waals surface area contributed by atoms with Crippen molar-refractivity contribution in [3.8, 4) is 5.75 Å². The summed E-state index contributed by atoms with van der Waals surface area (Å²) >= 11 is 5.91. The molecular formula is C16H16ClF2NO. The summed E-state index contributed by atoms with van der Waals surface area (Å²) in [7, 11) is 1.61. The third-order valence-electron chi connectivity index (χ3n) is 3.34. The summed E-state index contributed by atoms with van der Waals surface area (Å²) in [4.78, 5) is 0. The summed E-state index contributed by atoms with van der Waals surface area (Å²) in [5.41, 5.74) is 7.53. The Morgan fingerprint density at radius 3 is 2.38 bits per heavy atom. The topological polar surface area (TPSA) is 35.2 Å². The van der Waals surface area contributed by atoms with Crippen LogP contribution >= 0.6 is 11.6 Å². The number of methoxy groups -OCH3 is 1. The maximum atomic E-state index is 13.3. The third kappa shape index (κ3) is 3.93. The fourth-order valence-electron chi connectivity index (χ4n) is 2.09. The molecule has 0 fully saturated rings. The zero-order valence-corrected chi connectivity index (χ0v) is 12.3. The molecule has 1 atom stereocenters. The van der Waals surface area contributed by atoms with Gasteiger partial charge in [0.05, 0.1) is 7.11 Å². The van der Waals surface area contributed by atoms with Gasteiger partial charge in [0.1, 0.15) is 5.75 Å². The standard InChI is InChI=1S/C16H16ClF2NO/c1-21-11-5-2-10(3-6-11)4-7-16(20)12-8-14(18)15(19)9-13(12)17/h2-3,5-6,8-9,16H,4,7,20H2,1H3. The first kappa shape index (κ1) is 15.7. The molecule has 0 saturated carbocycles. The van der Waals surface area contributed by atoms with Crippen molar-refractivity contribution in [3.63, 3.8) is 0 Å². The molecule has 0 aliphatic heterocycles. The zero-order valence-electron chi connectivity index (χ0n) is 11.6. The zero-order chi connectivity index (χ0) is 15.4. The van der Waals surface area contributed by atoms with E-state index in [-0.39, 0.29) is 5.02 Å². The van der Waals surface area contributed by atoms with Crippen LogP contribution in [0.3, 0.4) is 0 Å². The van der Waals surface area contributed by atoms with Gasteiger partial charge in [-0.05, 0) is 48.2 Å². The molecule has 0 heterocycles. The van der Waals surface area contributed by atoms with Crippen LogP contribution in [-0.4, -0.2) is 7.11 Å². The summed E-state index contributed by atoms with van der Waals surface area (Å²) in [6, 6.07) is 9.19. The molecule has 0 aliphatic carbocycles. The van der Waals surface area contributed by atoms with Gasteiger partial charge in [0.2, 0.25) is 0 Å². The van der Waals surface area contributed by atoms with Crippen LogP contribution in [0.2, 0.25) is 5.02 Å². The molecule has 0 aliphatic rings. The summed E-state index contributed by atoms with van der Waals surface area (Å²) in [6.07, 6.45) is 1.29. The highest BCUT2D eigenvalue weighted by atomic mass is 35.5. The molecule has 2 N–H and O–H groups in total. The second-order valence-electron chi connectivity index (χ2n) is 4.78. The second-order valence-corrected chi connectivity index (χ2v) is 5.19. The van der Waals surface area contributed by atoms with Gasteiger partial charge in [-0.25, -0.2) is 8.78 Å². The molecule has 2 nitrogen and oxygen atoms in total. The van der Waals surface area contributed by atoms with Crippen LogP contribution in [-0.2, 0) is 6.42 Å². The SMILES string of the molecule is COc1ccc(CCC(N)c2cc(F)c(F)cc2Cl)cc1. The van der Waals surface area contributed by atoms with Gasteiger partial charge >= 0.3 is 0 Å². The smallest absolute Gasteiger partial charge is 0.160 e. The van der Waals surface area contributed by atoms with Gasteiger partial charge in [-0.3, -0.25) is 0 Å². The molecule has 0 radical (unpaired) electrons. The maximum absolute atomic E-state index is 13.3. The quantitative estimate of drug-likeness (QED) is 0.837. The first-order chi connectivity index (χ1) is 10.0. The van der Waals surface area contributed by atoms with Crippen LogP contribution in [0.15, 0.2) is 36.4 Å². The van der Waals surface area contributed by atoms with Gasteiger partial charge in [-0.2, -0.15) is 0 Å². The van der Waals surface area contributed by atoms with Crippen LogP contribution in [0.4, 0.5) is 8.78 Å². The van der Waals surface area contributed by atoms with Crippen molar-refractivity contribution in [2.45, 2.75) is 18.9 Å². The molecule has 0 bridgehead atoms. The highest BCUT2D eigenvalue weighted by Gasteiger charge is 2.14. The van der Waals surface area contributed by atoms with Crippen LogP contribution in [0, 0.1) is 11.6 Å². The number of benzene rings is 2. The normalized spacial score (nSPS) is 12.2. The Hall–Kier alpha value is -1.65. The van der Waals surface area contributed by atoms with Crippen molar-refractivity contribution in [2.75, 3.05) is 7.11 Å². The van der Waals surface area contributed by atoms with E-state index < -0.39 is 17.7 Å². The van der Waals surface area contributed by atoms with E-state index in [4.69, 9.17) is 22.1 Å². The number of nitrogens with two attached hydrogens (primary N) is 1. The highest BCUT2D eigenvalue weighted by molar-refractivity contribution is 6.31. The molecule has 1 unspecified atom stereocenters. The van der Waals surface area contributed by atoms with Crippen molar-refractivity contribution in [2.24, 2.45) is 5.73 Å². The molecule has 21 heavy (non-hydrogen) atoms. The van der Waals surface area contributed by atoms with Crippen LogP contribution in [0.25, 0.3) is 0 Å². The summed E-state index contributed by atoms with van der Waals surface area (Å²) in [6.45, 7) is 0. The lowest BCUT2D eigenvalue weighted by Gasteiger charge is -2.14. The van der Waals surface area contributed by atoms with Gasteiger partial charge in [0, 0.05) is 11.1 Å². The van der Waals surface area contributed by atoms with Crippen LogP contribution < -0.4 is 10.5 Å². The molecule has 0 spiro atoms. The Balaban J connectivity index is 2.04. The maximum Gasteiger partial charge on any atom is 0.160 e. The number of aryl methyl sites for hydroxylation is 1. The predicted molar refractivity (Wildman–Crippen MR) is 79.6 cm³/mol. The van der Waals surface area contributed by atoms with Gasteiger partial charge in [0.25, 0.3) is 0 Å². The van der Waals surface area contributed by atoms with E-state index in [2.05, 4.69) is 0 Å². The van der Waals surface area contributed by atoms with E-state index in [1.54, 1.807) is 7.11 Å². The first-order valence-electron chi connectivity index (χ1n) is 6.54. The van der Waals surface area contributed by atoms with Crippen molar-refractivity contribution < 1.29 is 13.5 Å². The van der Waals surface area contributed by atoms with Crippen molar-refractivity contribution in [1.82, 2.24) is 0 Å². The van der Waals surface area contributed by atoms with Crippen molar-refractivity contribution >= 4 is 11.6 Å². The number of hydrogen-bond acceptors (Lipinski definition) is 2. The summed E-state index contributed by atoms with van der Waals surface area (Å²) < 4.78 is 31.4.